The molecular formula is C14H12N2O2. The highest BCUT2D eigenvalue weighted by Gasteiger charge is 2.10. The first kappa shape index (κ1) is 11.9. The average Bonchev–Trinajstić information content (AvgIpc) is 2.39. The number of nitrogen functional groups attached to an aromatic ring is 1. The van der Waals surface area contributed by atoms with E-state index in [1.54, 1.807) is 48.5 Å². The fourth-order valence-corrected chi connectivity index (χ4v) is 1.75. The van der Waals surface area contributed by atoms with E-state index in [0.717, 1.165) is 5.56 Å². The van der Waals surface area contributed by atoms with E-state index in [1.165, 1.54) is 0 Å². The zero-order chi connectivity index (χ0) is 13.1. The van der Waals surface area contributed by atoms with Gasteiger partial charge in [-0.05, 0) is 17.2 Å². The molecule has 0 amide bonds. The summed E-state index contributed by atoms with van der Waals surface area (Å²) in [6.45, 7) is 0. The van der Waals surface area contributed by atoms with Gasteiger partial charge in [0, 0.05) is 5.56 Å². The predicted octanol–water partition coefficient (Wildman–Crippen LogP) is 2.34. The average molecular weight is 240 g/mol. The Morgan fingerprint density at radius 2 is 1.67 bits per heavy atom. The van der Waals surface area contributed by atoms with E-state index in [2.05, 4.69) is 0 Å². The minimum atomic E-state index is -0.957. The van der Waals surface area contributed by atoms with Crippen LogP contribution in [0.1, 0.15) is 15.9 Å². The van der Waals surface area contributed by atoms with E-state index in [-0.39, 0.29) is 11.4 Å². The molecule has 0 aliphatic rings. The summed E-state index contributed by atoms with van der Waals surface area (Å²) >= 11 is 0. The van der Waals surface area contributed by atoms with Crippen molar-refractivity contribution in [2.45, 2.75) is 0 Å². The molecule has 90 valence electrons. The number of hydrogen-bond donors (Lipinski definition) is 3. The van der Waals surface area contributed by atoms with Crippen molar-refractivity contribution in [3.8, 4) is 11.1 Å². The monoisotopic (exact) mass is 240 g/mol. The van der Waals surface area contributed by atoms with E-state index in [4.69, 9.17) is 16.2 Å². The van der Waals surface area contributed by atoms with Crippen LogP contribution in [0.2, 0.25) is 0 Å². The van der Waals surface area contributed by atoms with Crippen LogP contribution in [0.5, 0.6) is 0 Å². The van der Waals surface area contributed by atoms with Crippen molar-refractivity contribution in [3.05, 3.63) is 59.7 Å². The van der Waals surface area contributed by atoms with Gasteiger partial charge >= 0.3 is 5.97 Å². The second-order valence-electron chi connectivity index (χ2n) is 3.84. The summed E-state index contributed by atoms with van der Waals surface area (Å²) in [7, 11) is 0. The van der Waals surface area contributed by atoms with Crippen molar-refractivity contribution < 1.29 is 9.90 Å². The SMILES string of the molecule is N=C(N)c1ccc(-c2ccccc2C(=O)O)cc1. The maximum absolute atomic E-state index is 11.1. The van der Waals surface area contributed by atoms with Gasteiger partial charge in [0.1, 0.15) is 5.84 Å². The minimum Gasteiger partial charge on any atom is -0.478 e. The molecule has 0 radical (unpaired) electrons. The van der Waals surface area contributed by atoms with Crippen LogP contribution in [-0.4, -0.2) is 16.9 Å². The standard InChI is InChI=1S/C14H12N2O2/c15-13(16)10-7-5-9(6-8-10)11-3-1-2-4-12(11)14(17)18/h1-8H,(H3,15,16)(H,17,18). The Morgan fingerprint density at radius 3 is 2.22 bits per heavy atom. The van der Waals surface area contributed by atoms with Crippen LogP contribution in [0.4, 0.5) is 0 Å². The van der Waals surface area contributed by atoms with E-state index in [9.17, 15) is 4.79 Å². The molecule has 18 heavy (non-hydrogen) atoms. The molecule has 2 aromatic rings. The number of carboxylic acid groups (broad SMARTS) is 1. The summed E-state index contributed by atoms with van der Waals surface area (Å²) in [6.07, 6.45) is 0. The summed E-state index contributed by atoms with van der Waals surface area (Å²) in [4.78, 5) is 11.1. The van der Waals surface area contributed by atoms with Crippen molar-refractivity contribution in [3.63, 3.8) is 0 Å². The largest absolute Gasteiger partial charge is 0.478 e. The number of aromatic carboxylic acids is 1. The highest BCUT2D eigenvalue weighted by Crippen LogP contribution is 2.23. The van der Waals surface area contributed by atoms with E-state index < -0.39 is 5.97 Å². The molecule has 4 heteroatoms. The number of carboxylic acids is 1. The van der Waals surface area contributed by atoms with E-state index >= 15 is 0 Å². The maximum Gasteiger partial charge on any atom is 0.336 e. The molecule has 0 saturated heterocycles. The van der Waals surface area contributed by atoms with Crippen LogP contribution >= 0.6 is 0 Å². The third-order valence-corrected chi connectivity index (χ3v) is 2.66. The van der Waals surface area contributed by atoms with Crippen LogP contribution in [0.25, 0.3) is 11.1 Å². The molecule has 0 fully saturated rings. The topological polar surface area (TPSA) is 87.2 Å². The minimum absolute atomic E-state index is 0.00642. The van der Waals surface area contributed by atoms with Gasteiger partial charge in [-0.25, -0.2) is 4.79 Å². The summed E-state index contributed by atoms with van der Waals surface area (Å²) in [6, 6.07) is 13.7. The number of hydrogen-bond acceptors (Lipinski definition) is 2. The lowest BCUT2D eigenvalue weighted by Gasteiger charge is -2.06. The number of amidine groups is 1. The summed E-state index contributed by atoms with van der Waals surface area (Å²) in [5.74, 6) is -0.964. The number of nitrogens with one attached hydrogen (secondary N) is 1. The van der Waals surface area contributed by atoms with Gasteiger partial charge in [0.05, 0.1) is 5.56 Å². The molecule has 0 aromatic heterocycles. The second-order valence-corrected chi connectivity index (χ2v) is 3.84. The van der Waals surface area contributed by atoms with Crippen LogP contribution in [-0.2, 0) is 0 Å². The maximum atomic E-state index is 11.1. The summed E-state index contributed by atoms with van der Waals surface area (Å²) in [5, 5.41) is 16.4. The Balaban J connectivity index is 2.49. The fraction of sp³-hybridized carbons (Fsp3) is 0. The predicted molar refractivity (Wildman–Crippen MR) is 69.9 cm³/mol. The molecule has 4 nitrogen and oxygen atoms in total. The Morgan fingerprint density at radius 1 is 1.06 bits per heavy atom. The van der Waals surface area contributed by atoms with Gasteiger partial charge in [-0.2, -0.15) is 0 Å². The highest BCUT2D eigenvalue weighted by molar-refractivity contribution is 5.97. The van der Waals surface area contributed by atoms with Gasteiger partial charge in [-0.15, -0.1) is 0 Å². The fourth-order valence-electron chi connectivity index (χ4n) is 1.75. The normalized spacial score (nSPS) is 10.0. The number of benzene rings is 2. The highest BCUT2D eigenvalue weighted by atomic mass is 16.4. The first-order chi connectivity index (χ1) is 8.59. The molecule has 0 heterocycles. The van der Waals surface area contributed by atoms with Crippen LogP contribution in [0, 0.1) is 5.41 Å². The molecule has 0 bridgehead atoms. The van der Waals surface area contributed by atoms with Crippen molar-refractivity contribution in [2.75, 3.05) is 0 Å². The van der Waals surface area contributed by atoms with Gasteiger partial charge in [0.2, 0.25) is 0 Å². The lowest BCUT2D eigenvalue weighted by Crippen LogP contribution is -2.10. The molecule has 4 N–H and O–H groups in total. The van der Waals surface area contributed by atoms with Gasteiger partial charge in [-0.3, -0.25) is 5.41 Å². The third-order valence-electron chi connectivity index (χ3n) is 2.66. The quantitative estimate of drug-likeness (QED) is 0.568. The Bertz CT molecular complexity index is 603. The van der Waals surface area contributed by atoms with E-state index in [1.807, 2.05) is 0 Å². The van der Waals surface area contributed by atoms with Crippen molar-refractivity contribution in [1.29, 1.82) is 5.41 Å². The lowest BCUT2D eigenvalue weighted by atomic mass is 9.98. The van der Waals surface area contributed by atoms with Crippen LogP contribution in [0.3, 0.4) is 0 Å². The van der Waals surface area contributed by atoms with Gasteiger partial charge in [0.15, 0.2) is 0 Å². The molecule has 0 saturated carbocycles. The van der Waals surface area contributed by atoms with Crippen molar-refractivity contribution in [2.24, 2.45) is 5.73 Å². The number of carbonyl (C=O) groups is 1. The summed E-state index contributed by atoms with van der Waals surface area (Å²) < 4.78 is 0. The first-order valence-electron chi connectivity index (χ1n) is 5.37. The Hall–Kier alpha value is -2.62. The third kappa shape index (κ3) is 2.22. The van der Waals surface area contributed by atoms with Crippen molar-refractivity contribution >= 4 is 11.8 Å². The lowest BCUT2D eigenvalue weighted by molar-refractivity contribution is 0.0697. The summed E-state index contributed by atoms with van der Waals surface area (Å²) in [5.41, 5.74) is 7.69. The number of nitrogens with two attached hydrogens (primary N) is 1. The van der Waals surface area contributed by atoms with Gasteiger partial charge in [-0.1, -0.05) is 42.5 Å². The smallest absolute Gasteiger partial charge is 0.336 e. The van der Waals surface area contributed by atoms with E-state index in [0.29, 0.717) is 11.1 Å². The van der Waals surface area contributed by atoms with Crippen LogP contribution < -0.4 is 5.73 Å². The van der Waals surface area contributed by atoms with Gasteiger partial charge in [0.25, 0.3) is 0 Å². The molecule has 0 unspecified atom stereocenters. The van der Waals surface area contributed by atoms with Crippen molar-refractivity contribution in [1.82, 2.24) is 0 Å². The Kier molecular flexibility index (Phi) is 3.10. The molecule has 0 aliphatic carbocycles. The number of rotatable bonds is 3. The Labute approximate surface area is 104 Å². The molecule has 0 atom stereocenters. The zero-order valence-electron chi connectivity index (χ0n) is 9.55. The second kappa shape index (κ2) is 4.71. The molecule has 2 rings (SSSR count). The molecule has 2 aromatic carbocycles. The van der Waals surface area contributed by atoms with Gasteiger partial charge < -0.3 is 10.8 Å². The molecular weight excluding hydrogens is 228 g/mol. The zero-order valence-corrected chi connectivity index (χ0v) is 9.55. The molecule has 0 aliphatic heterocycles. The van der Waals surface area contributed by atoms with Crippen LogP contribution in [0.15, 0.2) is 48.5 Å². The first-order valence-corrected chi connectivity index (χ1v) is 5.37. The molecule has 0 spiro atoms.